The van der Waals surface area contributed by atoms with Crippen LogP contribution in [0.4, 0.5) is 0 Å². The molecule has 1 heterocycles. The predicted molar refractivity (Wildman–Crippen MR) is 82.3 cm³/mol. The first-order chi connectivity index (χ1) is 8.72. The molecule has 0 saturated carbocycles. The van der Waals surface area contributed by atoms with Crippen LogP contribution in [0.2, 0.25) is 0 Å². The topological polar surface area (TPSA) is 30.9 Å². The number of fused-ring (bicyclic) bond motifs is 1. The minimum Gasteiger partial charge on any atom is -0.346 e. The SMILES string of the molecule is CCSCCn1ccc2cccc(CC(C)N)c21. The first-order valence-electron chi connectivity index (χ1n) is 6.62. The maximum absolute atomic E-state index is 5.94. The van der Waals surface area contributed by atoms with Crippen LogP contribution in [0.1, 0.15) is 19.4 Å². The summed E-state index contributed by atoms with van der Waals surface area (Å²) in [6.45, 7) is 5.36. The second kappa shape index (κ2) is 6.30. The molecule has 2 N–H and O–H groups in total. The van der Waals surface area contributed by atoms with Crippen molar-refractivity contribution in [3.8, 4) is 0 Å². The molecule has 2 rings (SSSR count). The van der Waals surface area contributed by atoms with Gasteiger partial charge in [0.05, 0.1) is 5.52 Å². The molecule has 98 valence electrons. The van der Waals surface area contributed by atoms with E-state index in [1.54, 1.807) is 0 Å². The van der Waals surface area contributed by atoms with E-state index < -0.39 is 0 Å². The lowest BCUT2D eigenvalue weighted by atomic mass is 10.0. The predicted octanol–water partition coefficient (Wildman–Crippen LogP) is 3.28. The van der Waals surface area contributed by atoms with Gasteiger partial charge in [-0.3, -0.25) is 0 Å². The van der Waals surface area contributed by atoms with Gasteiger partial charge in [-0.05, 0) is 36.1 Å². The standard InChI is InChI=1S/C15H22N2S/c1-3-18-10-9-17-8-7-13-5-4-6-14(15(13)17)11-12(2)16/h4-8,12H,3,9-11,16H2,1-2H3. The second-order valence-corrected chi connectivity index (χ2v) is 6.14. The molecule has 0 saturated heterocycles. The number of nitrogens with two attached hydrogens (primary N) is 1. The van der Waals surface area contributed by atoms with Gasteiger partial charge in [0, 0.05) is 24.5 Å². The molecule has 1 unspecified atom stereocenters. The van der Waals surface area contributed by atoms with E-state index in [2.05, 4.69) is 48.9 Å². The van der Waals surface area contributed by atoms with Gasteiger partial charge in [0.2, 0.25) is 0 Å². The fourth-order valence-electron chi connectivity index (χ4n) is 2.35. The van der Waals surface area contributed by atoms with Gasteiger partial charge >= 0.3 is 0 Å². The average Bonchev–Trinajstić information content (AvgIpc) is 2.73. The van der Waals surface area contributed by atoms with Crippen LogP contribution in [0.3, 0.4) is 0 Å². The van der Waals surface area contributed by atoms with Crippen molar-refractivity contribution in [2.24, 2.45) is 5.73 Å². The average molecular weight is 262 g/mol. The maximum Gasteiger partial charge on any atom is 0.0513 e. The molecule has 0 aliphatic carbocycles. The number of benzene rings is 1. The highest BCUT2D eigenvalue weighted by atomic mass is 32.2. The van der Waals surface area contributed by atoms with E-state index >= 15 is 0 Å². The van der Waals surface area contributed by atoms with E-state index in [1.807, 2.05) is 11.8 Å². The number of aromatic nitrogens is 1. The first kappa shape index (κ1) is 13.5. The van der Waals surface area contributed by atoms with E-state index in [1.165, 1.54) is 28.0 Å². The molecular weight excluding hydrogens is 240 g/mol. The van der Waals surface area contributed by atoms with Crippen molar-refractivity contribution in [3.05, 3.63) is 36.0 Å². The summed E-state index contributed by atoms with van der Waals surface area (Å²) in [5.74, 6) is 2.36. The molecule has 3 heteroatoms. The number of rotatable bonds is 6. The Balaban J connectivity index is 2.29. The number of hydrogen-bond acceptors (Lipinski definition) is 2. The minimum atomic E-state index is 0.212. The summed E-state index contributed by atoms with van der Waals surface area (Å²) in [5.41, 5.74) is 8.68. The summed E-state index contributed by atoms with van der Waals surface area (Å²) < 4.78 is 2.37. The smallest absolute Gasteiger partial charge is 0.0513 e. The minimum absolute atomic E-state index is 0.212. The quantitative estimate of drug-likeness (QED) is 0.810. The number of nitrogens with zero attached hydrogens (tertiary/aromatic N) is 1. The Bertz CT molecular complexity index is 502. The van der Waals surface area contributed by atoms with Crippen LogP contribution in [0.25, 0.3) is 10.9 Å². The Morgan fingerprint density at radius 3 is 2.89 bits per heavy atom. The zero-order chi connectivity index (χ0) is 13.0. The van der Waals surface area contributed by atoms with Crippen LogP contribution in [-0.2, 0) is 13.0 Å². The Morgan fingerprint density at radius 1 is 1.33 bits per heavy atom. The van der Waals surface area contributed by atoms with Crippen LogP contribution in [-0.4, -0.2) is 22.1 Å². The molecule has 0 bridgehead atoms. The summed E-state index contributed by atoms with van der Waals surface area (Å²) in [4.78, 5) is 0. The Labute approximate surface area is 114 Å². The summed E-state index contributed by atoms with van der Waals surface area (Å²) in [5, 5.41) is 1.33. The largest absolute Gasteiger partial charge is 0.346 e. The van der Waals surface area contributed by atoms with Crippen molar-refractivity contribution < 1.29 is 0 Å². The molecule has 0 aliphatic rings. The van der Waals surface area contributed by atoms with E-state index in [9.17, 15) is 0 Å². The molecule has 0 fully saturated rings. The molecule has 2 aromatic rings. The van der Waals surface area contributed by atoms with Crippen LogP contribution >= 0.6 is 11.8 Å². The lowest BCUT2D eigenvalue weighted by Gasteiger charge is -2.11. The van der Waals surface area contributed by atoms with Gasteiger partial charge < -0.3 is 10.3 Å². The molecule has 2 nitrogen and oxygen atoms in total. The monoisotopic (exact) mass is 262 g/mol. The zero-order valence-electron chi connectivity index (χ0n) is 11.2. The third-order valence-corrected chi connectivity index (χ3v) is 3.97. The number of para-hydroxylation sites is 1. The number of hydrogen-bond donors (Lipinski definition) is 1. The van der Waals surface area contributed by atoms with E-state index in [-0.39, 0.29) is 6.04 Å². The molecule has 0 aliphatic heterocycles. The summed E-state index contributed by atoms with van der Waals surface area (Å²) in [7, 11) is 0. The maximum atomic E-state index is 5.94. The van der Waals surface area contributed by atoms with Gasteiger partial charge in [-0.25, -0.2) is 0 Å². The fraction of sp³-hybridized carbons (Fsp3) is 0.467. The van der Waals surface area contributed by atoms with Crippen molar-refractivity contribution in [2.45, 2.75) is 32.9 Å². The lowest BCUT2D eigenvalue weighted by molar-refractivity contribution is 0.732. The lowest BCUT2D eigenvalue weighted by Crippen LogP contribution is -2.18. The first-order valence-corrected chi connectivity index (χ1v) is 7.78. The van der Waals surface area contributed by atoms with E-state index in [4.69, 9.17) is 5.73 Å². The van der Waals surface area contributed by atoms with Gasteiger partial charge in [-0.2, -0.15) is 11.8 Å². The molecule has 1 aromatic heterocycles. The highest BCUT2D eigenvalue weighted by Gasteiger charge is 2.07. The van der Waals surface area contributed by atoms with Crippen LogP contribution < -0.4 is 5.73 Å². The summed E-state index contributed by atoms with van der Waals surface area (Å²) >= 11 is 1.99. The molecule has 0 radical (unpaired) electrons. The van der Waals surface area contributed by atoms with Crippen molar-refractivity contribution in [2.75, 3.05) is 11.5 Å². The fourth-order valence-corrected chi connectivity index (χ4v) is 2.96. The molecule has 0 spiro atoms. The second-order valence-electron chi connectivity index (χ2n) is 4.74. The Kier molecular flexibility index (Phi) is 4.72. The van der Waals surface area contributed by atoms with E-state index in [0.29, 0.717) is 0 Å². The third kappa shape index (κ3) is 3.09. The highest BCUT2D eigenvalue weighted by Crippen LogP contribution is 2.22. The zero-order valence-corrected chi connectivity index (χ0v) is 12.0. The van der Waals surface area contributed by atoms with Gasteiger partial charge in [0.1, 0.15) is 0 Å². The van der Waals surface area contributed by atoms with Gasteiger partial charge in [-0.1, -0.05) is 25.1 Å². The van der Waals surface area contributed by atoms with Crippen molar-refractivity contribution in [1.82, 2.24) is 4.57 Å². The van der Waals surface area contributed by atoms with Crippen molar-refractivity contribution in [1.29, 1.82) is 0 Å². The van der Waals surface area contributed by atoms with Crippen LogP contribution in [0.15, 0.2) is 30.5 Å². The molecule has 1 aromatic carbocycles. The van der Waals surface area contributed by atoms with Crippen molar-refractivity contribution in [3.63, 3.8) is 0 Å². The summed E-state index contributed by atoms with van der Waals surface area (Å²) in [6.07, 6.45) is 3.15. The Morgan fingerprint density at radius 2 is 2.17 bits per heavy atom. The van der Waals surface area contributed by atoms with Crippen molar-refractivity contribution >= 4 is 22.7 Å². The molecule has 0 amide bonds. The normalized spacial score (nSPS) is 13.1. The van der Waals surface area contributed by atoms with Gasteiger partial charge in [0.15, 0.2) is 0 Å². The molecule has 18 heavy (non-hydrogen) atoms. The highest BCUT2D eigenvalue weighted by molar-refractivity contribution is 7.99. The molecular formula is C15H22N2S. The Hall–Kier alpha value is -0.930. The number of aryl methyl sites for hydroxylation is 1. The van der Waals surface area contributed by atoms with Gasteiger partial charge in [-0.15, -0.1) is 0 Å². The van der Waals surface area contributed by atoms with Crippen LogP contribution in [0, 0.1) is 0 Å². The van der Waals surface area contributed by atoms with Gasteiger partial charge in [0.25, 0.3) is 0 Å². The van der Waals surface area contributed by atoms with E-state index in [0.717, 1.165) is 13.0 Å². The number of thioether (sulfide) groups is 1. The molecule has 1 atom stereocenters. The summed E-state index contributed by atoms with van der Waals surface area (Å²) in [6, 6.07) is 8.93. The third-order valence-electron chi connectivity index (χ3n) is 3.09. The van der Waals surface area contributed by atoms with Crippen LogP contribution in [0.5, 0.6) is 0 Å².